The van der Waals surface area contributed by atoms with E-state index in [-0.39, 0.29) is 6.04 Å². The van der Waals surface area contributed by atoms with Gasteiger partial charge in [0.1, 0.15) is 0 Å². The summed E-state index contributed by atoms with van der Waals surface area (Å²) < 4.78 is 2.97. The number of nitrogens with zero attached hydrogens (tertiary/aromatic N) is 2. The van der Waals surface area contributed by atoms with E-state index in [9.17, 15) is 0 Å². The first-order chi connectivity index (χ1) is 8.95. The fourth-order valence-corrected chi connectivity index (χ4v) is 2.86. The first-order valence-electron chi connectivity index (χ1n) is 6.07. The van der Waals surface area contributed by atoms with Gasteiger partial charge in [-0.1, -0.05) is 39.7 Å². The van der Waals surface area contributed by atoms with Crippen LogP contribution in [0.1, 0.15) is 28.4 Å². The van der Waals surface area contributed by atoms with Crippen LogP contribution in [0, 0.1) is 13.8 Å². The summed E-state index contributed by atoms with van der Waals surface area (Å²) in [5.41, 5.74) is 4.60. The molecule has 0 spiro atoms. The van der Waals surface area contributed by atoms with Crippen molar-refractivity contribution >= 4 is 27.5 Å². The molecule has 1 aromatic heterocycles. The van der Waals surface area contributed by atoms with Gasteiger partial charge in [-0.25, -0.2) is 0 Å². The zero-order valence-electron chi connectivity index (χ0n) is 11.5. The van der Waals surface area contributed by atoms with E-state index in [0.29, 0.717) is 5.02 Å². The third-order valence-electron chi connectivity index (χ3n) is 3.29. The zero-order chi connectivity index (χ0) is 14.2. The third-order valence-corrected chi connectivity index (χ3v) is 4.83. The van der Waals surface area contributed by atoms with Gasteiger partial charge in [-0.05, 0) is 37.6 Å². The number of halogens is 2. The Kier molecular flexibility index (Phi) is 4.33. The molecule has 2 aromatic rings. The fourth-order valence-electron chi connectivity index (χ4n) is 2.35. The SMILES string of the molecule is CNC(c1cc(C)c(Br)c(C)c1)c1c(Cl)cnn1C. The van der Waals surface area contributed by atoms with Crippen LogP contribution >= 0.6 is 27.5 Å². The van der Waals surface area contributed by atoms with E-state index >= 15 is 0 Å². The van der Waals surface area contributed by atoms with Gasteiger partial charge >= 0.3 is 0 Å². The van der Waals surface area contributed by atoms with Crippen molar-refractivity contribution in [2.75, 3.05) is 7.05 Å². The minimum absolute atomic E-state index is 0.0329. The average Bonchev–Trinajstić information content (AvgIpc) is 2.69. The Morgan fingerprint density at radius 2 is 1.89 bits per heavy atom. The van der Waals surface area contributed by atoms with Crippen LogP contribution in [-0.2, 0) is 7.05 Å². The van der Waals surface area contributed by atoms with Crippen molar-refractivity contribution in [2.24, 2.45) is 7.05 Å². The molecule has 0 saturated heterocycles. The molecule has 3 nitrogen and oxygen atoms in total. The van der Waals surface area contributed by atoms with Crippen molar-refractivity contribution in [3.8, 4) is 0 Å². The molecule has 19 heavy (non-hydrogen) atoms. The second kappa shape index (κ2) is 5.65. The molecular weight excluding hydrogens is 326 g/mol. The fraction of sp³-hybridized carbons (Fsp3) is 0.357. The monoisotopic (exact) mass is 341 g/mol. The first kappa shape index (κ1) is 14.6. The molecule has 1 atom stereocenters. The Bertz CT molecular complexity index is 564. The van der Waals surface area contributed by atoms with Crippen LogP contribution in [0.2, 0.25) is 5.02 Å². The number of aryl methyl sites for hydroxylation is 3. The van der Waals surface area contributed by atoms with E-state index in [2.05, 4.69) is 52.3 Å². The Labute approximate surface area is 127 Å². The molecule has 1 heterocycles. The minimum Gasteiger partial charge on any atom is -0.308 e. The van der Waals surface area contributed by atoms with Crippen molar-refractivity contribution in [1.82, 2.24) is 15.1 Å². The van der Waals surface area contributed by atoms with E-state index in [1.807, 2.05) is 18.8 Å². The molecule has 0 aliphatic heterocycles. The minimum atomic E-state index is 0.0329. The third kappa shape index (κ3) is 2.71. The maximum atomic E-state index is 6.25. The van der Waals surface area contributed by atoms with Gasteiger partial charge in [-0.2, -0.15) is 5.10 Å². The maximum Gasteiger partial charge on any atom is 0.0837 e. The van der Waals surface area contributed by atoms with Crippen molar-refractivity contribution in [1.29, 1.82) is 0 Å². The maximum absolute atomic E-state index is 6.25. The summed E-state index contributed by atoms with van der Waals surface area (Å²) in [4.78, 5) is 0. The number of aromatic nitrogens is 2. The molecule has 0 fully saturated rings. The molecule has 0 radical (unpaired) electrons. The molecule has 0 saturated carbocycles. The summed E-state index contributed by atoms with van der Waals surface area (Å²) >= 11 is 9.84. The van der Waals surface area contributed by atoms with Gasteiger partial charge in [-0.3, -0.25) is 4.68 Å². The summed E-state index contributed by atoms with van der Waals surface area (Å²) in [6.07, 6.45) is 1.68. The van der Waals surface area contributed by atoms with Gasteiger partial charge in [0.25, 0.3) is 0 Å². The quantitative estimate of drug-likeness (QED) is 0.920. The number of hydrogen-bond acceptors (Lipinski definition) is 2. The Morgan fingerprint density at radius 3 is 2.32 bits per heavy atom. The largest absolute Gasteiger partial charge is 0.308 e. The molecule has 2 rings (SSSR count). The lowest BCUT2D eigenvalue weighted by Crippen LogP contribution is -2.21. The molecule has 0 amide bonds. The summed E-state index contributed by atoms with van der Waals surface area (Å²) in [6, 6.07) is 4.37. The molecule has 0 aliphatic rings. The average molecular weight is 343 g/mol. The summed E-state index contributed by atoms with van der Waals surface area (Å²) in [5.74, 6) is 0. The highest BCUT2D eigenvalue weighted by Gasteiger charge is 2.20. The smallest absolute Gasteiger partial charge is 0.0837 e. The molecule has 5 heteroatoms. The predicted molar refractivity (Wildman–Crippen MR) is 82.7 cm³/mol. The van der Waals surface area contributed by atoms with Crippen molar-refractivity contribution in [2.45, 2.75) is 19.9 Å². The van der Waals surface area contributed by atoms with E-state index in [1.54, 1.807) is 6.20 Å². The van der Waals surface area contributed by atoms with Crippen molar-refractivity contribution < 1.29 is 0 Å². The second-order valence-corrected chi connectivity index (χ2v) is 5.89. The summed E-state index contributed by atoms with van der Waals surface area (Å²) in [6.45, 7) is 4.19. The van der Waals surface area contributed by atoms with Crippen LogP contribution in [0.25, 0.3) is 0 Å². The Hall–Kier alpha value is -0.840. The highest BCUT2D eigenvalue weighted by molar-refractivity contribution is 9.10. The molecule has 0 bridgehead atoms. The van der Waals surface area contributed by atoms with Crippen LogP contribution in [0.4, 0.5) is 0 Å². The lowest BCUT2D eigenvalue weighted by atomic mass is 9.99. The summed E-state index contributed by atoms with van der Waals surface area (Å²) in [7, 11) is 3.84. The Balaban J connectivity index is 2.55. The molecule has 1 aromatic carbocycles. The van der Waals surface area contributed by atoms with E-state index in [0.717, 1.165) is 10.2 Å². The molecule has 0 aliphatic carbocycles. The van der Waals surface area contributed by atoms with Crippen LogP contribution in [0.5, 0.6) is 0 Å². The lowest BCUT2D eigenvalue weighted by Gasteiger charge is -2.19. The standard InChI is InChI=1S/C14H17BrClN3/c1-8-5-10(6-9(2)12(8)15)13(17-3)14-11(16)7-18-19(14)4/h5-7,13,17H,1-4H3. The number of nitrogens with one attached hydrogen (secondary N) is 1. The molecular formula is C14H17BrClN3. The van der Waals surface area contributed by atoms with E-state index < -0.39 is 0 Å². The van der Waals surface area contributed by atoms with E-state index in [4.69, 9.17) is 11.6 Å². The van der Waals surface area contributed by atoms with Gasteiger partial charge in [0, 0.05) is 11.5 Å². The predicted octanol–water partition coefficient (Wildman–Crippen LogP) is 3.76. The van der Waals surface area contributed by atoms with Crippen LogP contribution in [0.3, 0.4) is 0 Å². The van der Waals surface area contributed by atoms with Gasteiger partial charge in [0.15, 0.2) is 0 Å². The molecule has 102 valence electrons. The van der Waals surface area contributed by atoms with Gasteiger partial charge in [0.2, 0.25) is 0 Å². The molecule has 1 N–H and O–H groups in total. The Morgan fingerprint density at radius 1 is 1.32 bits per heavy atom. The summed E-state index contributed by atoms with van der Waals surface area (Å²) in [5, 5.41) is 8.20. The number of hydrogen-bond donors (Lipinski definition) is 1. The molecule has 1 unspecified atom stereocenters. The van der Waals surface area contributed by atoms with Crippen LogP contribution < -0.4 is 5.32 Å². The highest BCUT2D eigenvalue weighted by Crippen LogP contribution is 2.31. The second-order valence-electron chi connectivity index (χ2n) is 4.69. The van der Waals surface area contributed by atoms with Gasteiger partial charge in [-0.15, -0.1) is 0 Å². The first-order valence-corrected chi connectivity index (χ1v) is 7.24. The van der Waals surface area contributed by atoms with E-state index in [1.165, 1.54) is 16.7 Å². The number of benzene rings is 1. The van der Waals surface area contributed by atoms with Crippen LogP contribution in [0.15, 0.2) is 22.8 Å². The van der Waals surface area contributed by atoms with Gasteiger partial charge < -0.3 is 5.32 Å². The highest BCUT2D eigenvalue weighted by atomic mass is 79.9. The van der Waals surface area contributed by atoms with Crippen LogP contribution in [-0.4, -0.2) is 16.8 Å². The zero-order valence-corrected chi connectivity index (χ0v) is 13.8. The van der Waals surface area contributed by atoms with Crippen molar-refractivity contribution in [3.63, 3.8) is 0 Å². The topological polar surface area (TPSA) is 29.9 Å². The lowest BCUT2D eigenvalue weighted by molar-refractivity contribution is 0.605. The van der Waals surface area contributed by atoms with Crippen molar-refractivity contribution in [3.05, 3.63) is 50.2 Å². The normalized spacial score (nSPS) is 12.7. The number of rotatable bonds is 3. The van der Waals surface area contributed by atoms with Gasteiger partial charge in [0.05, 0.1) is 23.0 Å².